The van der Waals surface area contributed by atoms with Gasteiger partial charge in [0.2, 0.25) is 0 Å². The van der Waals surface area contributed by atoms with Crippen molar-refractivity contribution >= 4 is 5.69 Å². The van der Waals surface area contributed by atoms with Crippen molar-refractivity contribution in [3.8, 4) is 0 Å². The molecule has 0 aromatic heterocycles. The first-order valence-electron chi connectivity index (χ1n) is 4.47. The van der Waals surface area contributed by atoms with Crippen molar-refractivity contribution in [2.24, 2.45) is 5.73 Å². The van der Waals surface area contributed by atoms with Crippen LogP contribution in [0.1, 0.15) is 5.56 Å². The molecule has 2 nitrogen and oxygen atoms in total. The van der Waals surface area contributed by atoms with E-state index in [0.29, 0.717) is 19.6 Å². The predicted octanol–water partition coefficient (Wildman–Crippen LogP) is 1.30. The van der Waals surface area contributed by atoms with E-state index in [2.05, 4.69) is 0 Å². The van der Waals surface area contributed by atoms with Crippen LogP contribution in [0.5, 0.6) is 0 Å². The van der Waals surface area contributed by atoms with Crippen molar-refractivity contribution in [2.45, 2.75) is 12.7 Å². The summed E-state index contributed by atoms with van der Waals surface area (Å²) in [6.45, 7) is 1.62. The molecule has 1 saturated heterocycles. The van der Waals surface area contributed by atoms with Crippen LogP contribution in [0, 0.1) is 0 Å². The fraction of sp³-hybridized carbons (Fsp3) is 0.400. The van der Waals surface area contributed by atoms with Crippen LogP contribution in [0.15, 0.2) is 24.3 Å². The lowest BCUT2D eigenvalue weighted by atomic mass is 10.1. The molecule has 1 aliphatic rings. The summed E-state index contributed by atoms with van der Waals surface area (Å²) >= 11 is 0. The molecule has 0 radical (unpaired) electrons. The van der Waals surface area contributed by atoms with Crippen LogP contribution in [-0.2, 0) is 6.54 Å². The second-order valence-corrected chi connectivity index (χ2v) is 3.37. The van der Waals surface area contributed by atoms with Crippen molar-refractivity contribution in [2.75, 3.05) is 18.0 Å². The highest BCUT2D eigenvalue weighted by Gasteiger charge is 2.25. The SMILES string of the molecule is NCc1ccc(N2CC(F)C2)cc1. The number of anilines is 1. The number of alkyl halides is 1. The van der Waals surface area contributed by atoms with Crippen molar-refractivity contribution in [3.63, 3.8) is 0 Å². The Morgan fingerprint density at radius 2 is 1.92 bits per heavy atom. The molecule has 3 heteroatoms. The molecule has 1 aliphatic heterocycles. The highest BCUT2D eigenvalue weighted by Crippen LogP contribution is 2.22. The highest BCUT2D eigenvalue weighted by atomic mass is 19.1. The molecule has 2 N–H and O–H groups in total. The van der Waals surface area contributed by atoms with Gasteiger partial charge in [0, 0.05) is 12.2 Å². The third kappa shape index (κ3) is 1.65. The molecule has 1 aromatic carbocycles. The molecule has 2 rings (SSSR count). The predicted molar refractivity (Wildman–Crippen MR) is 51.4 cm³/mol. The number of hydrogen-bond acceptors (Lipinski definition) is 2. The van der Waals surface area contributed by atoms with Gasteiger partial charge in [-0.05, 0) is 17.7 Å². The Labute approximate surface area is 77.2 Å². The molecule has 1 aromatic rings. The zero-order chi connectivity index (χ0) is 9.26. The Bertz CT molecular complexity index is 277. The molecule has 1 fully saturated rings. The monoisotopic (exact) mass is 180 g/mol. The first kappa shape index (κ1) is 8.51. The lowest BCUT2D eigenvalue weighted by Crippen LogP contribution is -2.48. The van der Waals surface area contributed by atoms with Crippen LogP contribution in [0.4, 0.5) is 10.1 Å². The molecule has 0 bridgehead atoms. The molecule has 1 heterocycles. The Morgan fingerprint density at radius 3 is 2.38 bits per heavy atom. The van der Waals surface area contributed by atoms with Gasteiger partial charge in [-0.15, -0.1) is 0 Å². The van der Waals surface area contributed by atoms with Gasteiger partial charge in [-0.25, -0.2) is 4.39 Å². The summed E-state index contributed by atoms with van der Waals surface area (Å²) in [5.74, 6) is 0. The summed E-state index contributed by atoms with van der Waals surface area (Å²) in [6, 6.07) is 7.96. The van der Waals surface area contributed by atoms with Crippen LogP contribution in [-0.4, -0.2) is 19.3 Å². The smallest absolute Gasteiger partial charge is 0.135 e. The van der Waals surface area contributed by atoms with Crippen LogP contribution >= 0.6 is 0 Å². The van der Waals surface area contributed by atoms with E-state index in [0.717, 1.165) is 11.3 Å². The van der Waals surface area contributed by atoms with E-state index in [1.807, 2.05) is 29.2 Å². The molecular formula is C10H13FN2. The minimum Gasteiger partial charge on any atom is -0.366 e. The number of hydrogen-bond donors (Lipinski definition) is 1. The standard InChI is InChI=1S/C10H13FN2/c11-9-6-13(7-9)10-3-1-8(5-12)2-4-10/h1-4,9H,5-7,12H2. The van der Waals surface area contributed by atoms with Crippen LogP contribution in [0.25, 0.3) is 0 Å². The second kappa shape index (κ2) is 3.34. The van der Waals surface area contributed by atoms with Gasteiger partial charge in [0.05, 0.1) is 13.1 Å². The Hall–Kier alpha value is -1.09. The number of rotatable bonds is 2. The van der Waals surface area contributed by atoms with E-state index in [9.17, 15) is 4.39 Å². The average Bonchev–Trinajstić information content (AvgIpc) is 2.13. The van der Waals surface area contributed by atoms with E-state index >= 15 is 0 Å². The summed E-state index contributed by atoms with van der Waals surface area (Å²) in [6.07, 6.45) is -0.644. The third-order valence-electron chi connectivity index (χ3n) is 2.37. The Balaban J connectivity index is 2.06. The zero-order valence-electron chi connectivity index (χ0n) is 7.41. The highest BCUT2D eigenvalue weighted by molar-refractivity contribution is 5.50. The van der Waals surface area contributed by atoms with Crippen LogP contribution in [0.3, 0.4) is 0 Å². The van der Waals surface area contributed by atoms with Gasteiger partial charge in [-0.2, -0.15) is 0 Å². The summed E-state index contributed by atoms with van der Waals surface area (Å²) in [5.41, 5.74) is 7.67. The molecular weight excluding hydrogens is 167 g/mol. The lowest BCUT2D eigenvalue weighted by Gasteiger charge is -2.36. The van der Waals surface area contributed by atoms with E-state index in [1.165, 1.54) is 0 Å². The van der Waals surface area contributed by atoms with Crippen LogP contribution in [0.2, 0.25) is 0 Å². The van der Waals surface area contributed by atoms with Gasteiger partial charge in [-0.1, -0.05) is 12.1 Å². The summed E-state index contributed by atoms with van der Waals surface area (Å²) < 4.78 is 12.5. The molecule has 13 heavy (non-hydrogen) atoms. The second-order valence-electron chi connectivity index (χ2n) is 3.37. The molecule has 0 atom stereocenters. The average molecular weight is 180 g/mol. The first-order chi connectivity index (χ1) is 6.29. The Kier molecular flexibility index (Phi) is 2.19. The summed E-state index contributed by atoms with van der Waals surface area (Å²) in [7, 11) is 0. The number of nitrogens with two attached hydrogens (primary N) is 1. The molecule has 70 valence electrons. The zero-order valence-corrected chi connectivity index (χ0v) is 7.41. The minimum atomic E-state index is -0.644. The third-order valence-corrected chi connectivity index (χ3v) is 2.37. The molecule has 0 unspecified atom stereocenters. The molecule has 0 aliphatic carbocycles. The van der Waals surface area contributed by atoms with Gasteiger partial charge in [0.1, 0.15) is 6.17 Å². The topological polar surface area (TPSA) is 29.3 Å². The molecule has 0 amide bonds. The first-order valence-corrected chi connectivity index (χ1v) is 4.47. The fourth-order valence-corrected chi connectivity index (χ4v) is 1.48. The number of halogens is 1. The van der Waals surface area contributed by atoms with Crippen molar-refractivity contribution in [1.82, 2.24) is 0 Å². The van der Waals surface area contributed by atoms with E-state index in [1.54, 1.807) is 0 Å². The normalized spacial score (nSPS) is 17.2. The minimum absolute atomic E-state index is 0.530. The van der Waals surface area contributed by atoms with Gasteiger partial charge < -0.3 is 10.6 Å². The lowest BCUT2D eigenvalue weighted by molar-refractivity contribution is 0.275. The quantitative estimate of drug-likeness (QED) is 0.743. The van der Waals surface area contributed by atoms with Gasteiger partial charge in [-0.3, -0.25) is 0 Å². The fourth-order valence-electron chi connectivity index (χ4n) is 1.48. The summed E-state index contributed by atoms with van der Waals surface area (Å²) in [4.78, 5) is 2.02. The van der Waals surface area contributed by atoms with E-state index in [4.69, 9.17) is 5.73 Å². The van der Waals surface area contributed by atoms with Crippen molar-refractivity contribution in [1.29, 1.82) is 0 Å². The van der Waals surface area contributed by atoms with Gasteiger partial charge >= 0.3 is 0 Å². The van der Waals surface area contributed by atoms with Crippen molar-refractivity contribution in [3.05, 3.63) is 29.8 Å². The van der Waals surface area contributed by atoms with Gasteiger partial charge in [0.25, 0.3) is 0 Å². The van der Waals surface area contributed by atoms with E-state index in [-0.39, 0.29) is 0 Å². The maximum atomic E-state index is 12.5. The van der Waals surface area contributed by atoms with Crippen LogP contribution < -0.4 is 10.6 Å². The number of benzene rings is 1. The van der Waals surface area contributed by atoms with Gasteiger partial charge in [0.15, 0.2) is 0 Å². The Morgan fingerprint density at radius 1 is 1.31 bits per heavy atom. The molecule has 0 saturated carbocycles. The maximum Gasteiger partial charge on any atom is 0.135 e. The van der Waals surface area contributed by atoms with E-state index < -0.39 is 6.17 Å². The molecule has 0 spiro atoms. The summed E-state index contributed by atoms with van der Waals surface area (Å²) in [5, 5.41) is 0. The largest absolute Gasteiger partial charge is 0.366 e. The maximum absolute atomic E-state index is 12.5. The number of nitrogens with zero attached hydrogens (tertiary/aromatic N) is 1. The van der Waals surface area contributed by atoms with Crippen molar-refractivity contribution < 1.29 is 4.39 Å².